The molecule has 3 atom stereocenters. The van der Waals surface area contributed by atoms with Gasteiger partial charge in [0.05, 0.1) is 24.9 Å². The van der Waals surface area contributed by atoms with Gasteiger partial charge in [-0.05, 0) is 41.0 Å². The summed E-state index contributed by atoms with van der Waals surface area (Å²) in [5.74, 6) is -1.16. The number of aromatic nitrogens is 2. The Hall–Kier alpha value is -2.60. The fraction of sp³-hybridized carbons (Fsp3) is 0.650. The summed E-state index contributed by atoms with van der Waals surface area (Å²) in [6.07, 6.45) is -0.997. The van der Waals surface area contributed by atoms with Crippen LogP contribution in [-0.2, 0) is 37.6 Å². The molecule has 0 saturated carbocycles. The van der Waals surface area contributed by atoms with Gasteiger partial charge in [-0.3, -0.25) is 23.7 Å². The van der Waals surface area contributed by atoms with Gasteiger partial charge in [0, 0.05) is 25.4 Å². The second-order valence-corrected chi connectivity index (χ2v) is 9.02. The Bertz CT molecular complexity index is 928. The van der Waals surface area contributed by atoms with Gasteiger partial charge in [0.15, 0.2) is 0 Å². The standard InChI is InChI=1S/C20H31N2O11P/c1-12(2)32-17(24)18(25)34(31-11-29-20(27)33-13(3)4)30-10-15(28-6)9-14(5)22-8-7-16(23)21-19(22)26/h7-8,12-15H,9-11H2,1-6H3,(H,21,23,26). The van der Waals surface area contributed by atoms with Crippen molar-refractivity contribution < 1.29 is 42.4 Å². The lowest BCUT2D eigenvalue weighted by Gasteiger charge is -2.23. The number of aromatic amines is 1. The molecule has 0 radical (unpaired) electrons. The number of H-pyrrole nitrogens is 1. The van der Waals surface area contributed by atoms with Gasteiger partial charge in [-0.1, -0.05) is 0 Å². The summed E-state index contributed by atoms with van der Waals surface area (Å²) < 4.78 is 31.8. The minimum atomic E-state index is -2.51. The molecule has 1 aromatic heterocycles. The first kappa shape index (κ1) is 29.4. The fourth-order valence-electron chi connectivity index (χ4n) is 2.49. The number of rotatable bonds is 14. The van der Waals surface area contributed by atoms with Gasteiger partial charge in [-0.2, -0.15) is 0 Å². The number of hydrogen-bond donors (Lipinski definition) is 1. The maximum atomic E-state index is 12.5. The normalized spacial score (nSPS) is 13.9. The molecule has 1 aromatic rings. The highest BCUT2D eigenvalue weighted by atomic mass is 31.2. The Morgan fingerprint density at radius 2 is 1.68 bits per heavy atom. The number of ether oxygens (including phenoxy) is 4. The number of esters is 1. The Kier molecular flexibility index (Phi) is 12.7. The van der Waals surface area contributed by atoms with Crippen LogP contribution >= 0.6 is 8.38 Å². The third-order valence-corrected chi connectivity index (χ3v) is 5.24. The minimum absolute atomic E-state index is 0.193. The van der Waals surface area contributed by atoms with E-state index in [4.69, 9.17) is 28.0 Å². The van der Waals surface area contributed by atoms with Gasteiger partial charge in [0.2, 0.25) is 6.79 Å². The lowest BCUT2D eigenvalue weighted by Crippen LogP contribution is -2.33. The van der Waals surface area contributed by atoms with Crippen LogP contribution < -0.4 is 11.2 Å². The van der Waals surface area contributed by atoms with Gasteiger partial charge in [-0.15, -0.1) is 0 Å². The molecule has 0 aromatic carbocycles. The van der Waals surface area contributed by atoms with E-state index in [-0.39, 0.29) is 13.0 Å². The molecule has 0 aliphatic heterocycles. The molecule has 192 valence electrons. The summed E-state index contributed by atoms with van der Waals surface area (Å²) in [5, 5.41) is 0. The lowest BCUT2D eigenvalue weighted by atomic mass is 10.1. The van der Waals surface area contributed by atoms with Crippen molar-refractivity contribution in [1.29, 1.82) is 0 Å². The van der Waals surface area contributed by atoms with Crippen LogP contribution in [0.4, 0.5) is 4.79 Å². The Morgan fingerprint density at radius 1 is 1.03 bits per heavy atom. The third-order valence-electron chi connectivity index (χ3n) is 4.00. The molecule has 0 fully saturated rings. The molecular weight excluding hydrogens is 475 g/mol. The van der Waals surface area contributed by atoms with Gasteiger partial charge in [0.25, 0.3) is 13.9 Å². The van der Waals surface area contributed by atoms with E-state index in [1.807, 2.05) is 0 Å². The van der Waals surface area contributed by atoms with E-state index in [0.29, 0.717) is 0 Å². The van der Waals surface area contributed by atoms with Crippen LogP contribution in [0, 0.1) is 0 Å². The van der Waals surface area contributed by atoms with Crippen molar-refractivity contribution in [2.75, 3.05) is 20.5 Å². The van der Waals surface area contributed by atoms with E-state index in [2.05, 4.69) is 4.98 Å². The summed E-state index contributed by atoms with van der Waals surface area (Å²) >= 11 is 0. The monoisotopic (exact) mass is 506 g/mol. The molecule has 14 heteroatoms. The molecule has 0 spiro atoms. The summed E-state index contributed by atoms with van der Waals surface area (Å²) in [6.45, 7) is 7.22. The van der Waals surface area contributed by atoms with E-state index in [0.717, 1.165) is 0 Å². The lowest BCUT2D eigenvalue weighted by molar-refractivity contribution is -0.154. The number of nitrogens with zero attached hydrogens (tertiary/aromatic N) is 1. The first-order chi connectivity index (χ1) is 15.9. The molecule has 0 saturated heterocycles. The topological polar surface area (TPSA) is 161 Å². The second kappa shape index (κ2) is 14.6. The zero-order valence-electron chi connectivity index (χ0n) is 20.0. The van der Waals surface area contributed by atoms with E-state index in [1.165, 1.54) is 23.9 Å². The Labute approximate surface area is 197 Å². The molecule has 0 amide bonds. The number of nitrogens with one attached hydrogen (secondary N) is 1. The van der Waals surface area contributed by atoms with Crippen molar-refractivity contribution in [1.82, 2.24) is 9.55 Å². The third kappa shape index (κ3) is 10.6. The molecule has 1 rings (SSSR count). The van der Waals surface area contributed by atoms with Gasteiger partial charge in [-0.25, -0.2) is 14.4 Å². The first-order valence-corrected chi connectivity index (χ1v) is 11.6. The fourth-order valence-corrected chi connectivity index (χ4v) is 3.45. The SMILES string of the molecule is COC(COP(OCOC(=O)OC(C)C)C(=O)C(=O)OC(C)C)CC(C)n1ccc(=O)[nH]c1=O. The van der Waals surface area contributed by atoms with Crippen LogP contribution in [0.2, 0.25) is 0 Å². The highest BCUT2D eigenvalue weighted by molar-refractivity contribution is 7.69. The van der Waals surface area contributed by atoms with Crippen LogP contribution in [-0.4, -0.2) is 66.0 Å². The second-order valence-electron chi connectivity index (χ2n) is 7.58. The maximum Gasteiger partial charge on any atom is 0.510 e. The van der Waals surface area contributed by atoms with Crippen LogP contribution in [0.1, 0.15) is 47.1 Å². The van der Waals surface area contributed by atoms with Crippen LogP contribution in [0.15, 0.2) is 21.9 Å². The van der Waals surface area contributed by atoms with Crippen molar-refractivity contribution in [3.05, 3.63) is 33.1 Å². The van der Waals surface area contributed by atoms with Crippen molar-refractivity contribution in [3.63, 3.8) is 0 Å². The van der Waals surface area contributed by atoms with Gasteiger partial charge in [0.1, 0.15) is 0 Å². The number of carbonyl (C=O) groups is 3. The summed E-state index contributed by atoms with van der Waals surface area (Å²) in [7, 11) is -1.11. The minimum Gasteiger partial charge on any atom is -0.457 e. The largest absolute Gasteiger partial charge is 0.510 e. The molecule has 0 aliphatic carbocycles. The Balaban J connectivity index is 2.81. The highest BCUT2D eigenvalue weighted by Gasteiger charge is 2.32. The van der Waals surface area contributed by atoms with Crippen LogP contribution in [0.5, 0.6) is 0 Å². The summed E-state index contributed by atoms with van der Waals surface area (Å²) in [4.78, 5) is 61.4. The van der Waals surface area contributed by atoms with Gasteiger partial charge < -0.3 is 23.5 Å². The zero-order valence-corrected chi connectivity index (χ0v) is 20.9. The molecule has 0 aliphatic rings. The van der Waals surface area contributed by atoms with Crippen molar-refractivity contribution >= 4 is 26.0 Å². The summed E-state index contributed by atoms with van der Waals surface area (Å²) in [6, 6.07) is 0.813. The van der Waals surface area contributed by atoms with Crippen molar-refractivity contribution in [2.45, 2.75) is 65.4 Å². The zero-order chi connectivity index (χ0) is 25.8. The smallest absolute Gasteiger partial charge is 0.457 e. The highest BCUT2D eigenvalue weighted by Crippen LogP contribution is 2.40. The van der Waals surface area contributed by atoms with E-state index in [1.54, 1.807) is 34.6 Å². The van der Waals surface area contributed by atoms with E-state index >= 15 is 0 Å². The van der Waals surface area contributed by atoms with Crippen LogP contribution in [0.25, 0.3) is 0 Å². The van der Waals surface area contributed by atoms with Crippen LogP contribution in [0.3, 0.4) is 0 Å². The summed E-state index contributed by atoms with van der Waals surface area (Å²) in [5.41, 5.74) is -2.18. The molecule has 1 heterocycles. The molecule has 13 nitrogen and oxygen atoms in total. The molecule has 0 bridgehead atoms. The van der Waals surface area contributed by atoms with Crippen molar-refractivity contribution in [2.24, 2.45) is 0 Å². The molecule has 1 N–H and O–H groups in total. The predicted molar refractivity (Wildman–Crippen MR) is 119 cm³/mol. The van der Waals surface area contributed by atoms with Gasteiger partial charge >= 0.3 is 23.3 Å². The number of carbonyl (C=O) groups excluding carboxylic acids is 3. The average molecular weight is 506 g/mol. The molecule has 34 heavy (non-hydrogen) atoms. The number of hydrogen-bond acceptors (Lipinski definition) is 11. The maximum absolute atomic E-state index is 12.5. The predicted octanol–water partition coefficient (Wildman–Crippen LogP) is 1.85. The van der Waals surface area contributed by atoms with E-state index in [9.17, 15) is 24.0 Å². The average Bonchev–Trinajstić information content (AvgIpc) is 2.73. The Morgan fingerprint density at radius 3 is 2.24 bits per heavy atom. The first-order valence-electron chi connectivity index (χ1n) is 10.4. The molecule has 3 unspecified atom stereocenters. The van der Waals surface area contributed by atoms with Crippen molar-refractivity contribution in [3.8, 4) is 0 Å². The number of methoxy groups -OCH3 is 1. The quantitative estimate of drug-likeness (QED) is 0.170. The van der Waals surface area contributed by atoms with E-state index < -0.39 is 68.4 Å². The molecular formula is C20H31N2O11P.